The van der Waals surface area contributed by atoms with Gasteiger partial charge in [-0.25, -0.2) is 4.98 Å². The molecule has 0 unspecified atom stereocenters. The van der Waals surface area contributed by atoms with Gasteiger partial charge in [0.15, 0.2) is 11.5 Å². The lowest BCUT2D eigenvalue weighted by atomic mass is 10.2. The number of hydrogen-bond donors (Lipinski definition) is 2. The van der Waals surface area contributed by atoms with Crippen LogP contribution in [0.2, 0.25) is 0 Å². The number of benzene rings is 1. The molecule has 1 aliphatic rings. The molecule has 1 amide bonds. The number of nitrogens with one attached hydrogen (secondary N) is 2. The number of nitrogens with zero attached hydrogens (tertiary/aromatic N) is 1. The van der Waals surface area contributed by atoms with Crippen LogP contribution in [0.5, 0.6) is 0 Å². The van der Waals surface area contributed by atoms with E-state index >= 15 is 0 Å². The predicted octanol–water partition coefficient (Wildman–Crippen LogP) is 3.07. The van der Waals surface area contributed by atoms with Crippen LogP contribution < -0.4 is 10.6 Å². The predicted molar refractivity (Wildman–Crippen MR) is 85.0 cm³/mol. The second kappa shape index (κ2) is 6.91. The van der Waals surface area contributed by atoms with E-state index in [1.807, 2.05) is 25.2 Å². The third-order valence-corrected chi connectivity index (χ3v) is 3.45. The Morgan fingerprint density at radius 2 is 2.24 bits per heavy atom. The largest absolute Gasteiger partial charge is 0.440 e. The second-order valence-electron chi connectivity index (χ2n) is 5.26. The van der Waals surface area contributed by atoms with Crippen molar-refractivity contribution in [3.05, 3.63) is 24.1 Å². The quantitative estimate of drug-likeness (QED) is 0.805. The van der Waals surface area contributed by atoms with Gasteiger partial charge in [-0.1, -0.05) is 0 Å². The van der Waals surface area contributed by atoms with Crippen LogP contribution in [0, 0.1) is 0 Å². The Bertz CT molecular complexity index is 622. The second-order valence-corrected chi connectivity index (χ2v) is 5.26. The van der Waals surface area contributed by atoms with Gasteiger partial charge in [-0.15, -0.1) is 12.4 Å². The zero-order chi connectivity index (χ0) is 13.9. The number of fused-ring (bicyclic) bond motifs is 1. The summed E-state index contributed by atoms with van der Waals surface area (Å²) in [6, 6.07) is 5.62. The monoisotopic (exact) mass is 309 g/mol. The van der Waals surface area contributed by atoms with E-state index in [2.05, 4.69) is 15.6 Å². The van der Waals surface area contributed by atoms with Crippen LogP contribution in [0.3, 0.4) is 0 Å². The molecule has 0 aliphatic heterocycles. The van der Waals surface area contributed by atoms with E-state index in [1.54, 1.807) is 0 Å². The topological polar surface area (TPSA) is 67.2 Å². The highest BCUT2D eigenvalue weighted by Crippen LogP contribution is 2.40. The molecule has 5 nitrogen and oxygen atoms in total. The highest BCUT2D eigenvalue weighted by molar-refractivity contribution is 5.92. The molecule has 6 heteroatoms. The molecule has 2 N–H and O–H groups in total. The van der Waals surface area contributed by atoms with Crippen molar-refractivity contribution >= 4 is 35.1 Å². The first-order chi connectivity index (χ1) is 9.76. The Labute approximate surface area is 129 Å². The summed E-state index contributed by atoms with van der Waals surface area (Å²) >= 11 is 0. The first kappa shape index (κ1) is 15.8. The highest BCUT2D eigenvalue weighted by atomic mass is 35.5. The SMILES string of the molecule is CNCCCC(=O)Nc1ccc2nc(C3CC3)oc2c1.Cl. The molecule has 1 aromatic heterocycles. The third-order valence-electron chi connectivity index (χ3n) is 3.45. The van der Waals surface area contributed by atoms with Crippen LogP contribution in [-0.2, 0) is 4.79 Å². The number of carbonyl (C=O) groups excluding carboxylic acids is 1. The van der Waals surface area contributed by atoms with Gasteiger partial charge in [-0.05, 0) is 45.0 Å². The molecule has 0 radical (unpaired) electrons. The molecule has 1 heterocycles. The first-order valence-corrected chi connectivity index (χ1v) is 7.11. The van der Waals surface area contributed by atoms with Crippen LogP contribution in [0.15, 0.2) is 22.6 Å². The van der Waals surface area contributed by atoms with Gasteiger partial charge in [0.2, 0.25) is 5.91 Å². The van der Waals surface area contributed by atoms with E-state index in [0.717, 1.165) is 35.6 Å². The fourth-order valence-electron chi connectivity index (χ4n) is 2.17. The molecular formula is C15H20ClN3O2. The molecule has 3 rings (SSSR count). The smallest absolute Gasteiger partial charge is 0.224 e. The average Bonchev–Trinajstić information content (AvgIpc) is 3.19. The van der Waals surface area contributed by atoms with Crippen molar-refractivity contribution in [3.63, 3.8) is 0 Å². The summed E-state index contributed by atoms with van der Waals surface area (Å²) in [5.41, 5.74) is 2.38. The minimum atomic E-state index is 0. The van der Waals surface area contributed by atoms with Gasteiger partial charge in [0.25, 0.3) is 0 Å². The van der Waals surface area contributed by atoms with Gasteiger partial charge >= 0.3 is 0 Å². The molecule has 1 fully saturated rings. The Morgan fingerprint density at radius 3 is 2.95 bits per heavy atom. The molecular weight excluding hydrogens is 290 g/mol. The van der Waals surface area contributed by atoms with Gasteiger partial charge in [0.1, 0.15) is 5.52 Å². The lowest BCUT2D eigenvalue weighted by Gasteiger charge is -2.04. The standard InChI is InChI=1S/C15H19N3O2.ClH/c1-16-8-2-3-14(19)17-11-6-7-12-13(9-11)20-15(18-12)10-4-5-10;/h6-7,9-10,16H,2-5,8H2,1H3,(H,17,19);1H. The summed E-state index contributed by atoms with van der Waals surface area (Å²) in [4.78, 5) is 16.2. The molecule has 21 heavy (non-hydrogen) atoms. The molecule has 0 spiro atoms. The maximum absolute atomic E-state index is 11.8. The molecule has 0 saturated heterocycles. The van der Waals surface area contributed by atoms with Crippen molar-refractivity contribution in [2.45, 2.75) is 31.6 Å². The first-order valence-electron chi connectivity index (χ1n) is 7.11. The van der Waals surface area contributed by atoms with Gasteiger partial charge in [-0.2, -0.15) is 0 Å². The minimum absolute atomic E-state index is 0. The van der Waals surface area contributed by atoms with Gasteiger partial charge < -0.3 is 15.1 Å². The van der Waals surface area contributed by atoms with E-state index in [0.29, 0.717) is 12.3 Å². The summed E-state index contributed by atoms with van der Waals surface area (Å²) in [7, 11) is 1.88. The molecule has 1 aliphatic carbocycles. The lowest BCUT2D eigenvalue weighted by molar-refractivity contribution is -0.116. The van der Waals surface area contributed by atoms with E-state index in [4.69, 9.17) is 4.42 Å². The van der Waals surface area contributed by atoms with E-state index in [9.17, 15) is 4.79 Å². The average molecular weight is 310 g/mol. The van der Waals surface area contributed by atoms with Crippen molar-refractivity contribution in [2.24, 2.45) is 0 Å². The van der Waals surface area contributed by atoms with Crippen molar-refractivity contribution in [1.82, 2.24) is 10.3 Å². The fraction of sp³-hybridized carbons (Fsp3) is 0.467. The van der Waals surface area contributed by atoms with Crippen molar-refractivity contribution in [1.29, 1.82) is 0 Å². The number of anilines is 1. The molecule has 114 valence electrons. The Kier molecular flexibility index (Phi) is 5.20. The molecule has 1 saturated carbocycles. The molecule has 0 bridgehead atoms. The summed E-state index contributed by atoms with van der Waals surface area (Å²) in [6.07, 6.45) is 3.69. The Balaban J connectivity index is 0.00000161. The van der Waals surface area contributed by atoms with Gasteiger partial charge in [0.05, 0.1) is 0 Å². The number of amides is 1. The zero-order valence-electron chi connectivity index (χ0n) is 12.0. The number of hydrogen-bond acceptors (Lipinski definition) is 4. The van der Waals surface area contributed by atoms with Crippen LogP contribution in [0.25, 0.3) is 11.1 Å². The third kappa shape index (κ3) is 3.95. The lowest BCUT2D eigenvalue weighted by Crippen LogP contribution is -2.15. The number of halogens is 1. The summed E-state index contributed by atoms with van der Waals surface area (Å²) in [5.74, 6) is 1.36. The van der Waals surface area contributed by atoms with Gasteiger partial charge in [0, 0.05) is 24.1 Å². The normalized spacial score (nSPS) is 14.0. The Morgan fingerprint density at radius 1 is 1.43 bits per heavy atom. The number of oxazole rings is 1. The molecule has 1 aromatic carbocycles. The van der Waals surface area contributed by atoms with E-state index < -0.39 is 0 Å². The Hall–Kier alpha value is -1.59. The van der Waals surface area contributed by atoms with Crippen LogP contribution >= 0.6 is 12.4 Å². The maximum atomic E-state index is 11.8. The van der Waals surface area contributed by atoms with Gasteiger partial charge in [-0.3, -0.25) is 4.79 Å². The summed E-state index contributed by atoms with van der Waals surface area (Å²) in [5, 5.41) is 5.92. The van der Waals surface area contributed by atoms with E-state index in [-0.39, 0.29) is 18.3 Å². The molecule has 2 aromatic rings. The van der Waals surface area contributed by atoms with Crippen molar-refractivity contribution in [2.75, 3.05) is 18.9 Å². The maximum Gasteiger partial charge on any atom is 0.224 e. The van der Waals surface area contributed by atoms with Crippen LogP contribution in [0.4, 0.5) is 5.69 Å². The van der Waals surface area contributed by atoms with Crippen LogP contribution in [-0.4, -0.2) is 24.5 Å². The van der Waals surface area contributed by atoms with Crippen molar-refractivity contribution < 1.29 is 9.21 Å². The summed E-state index contributed by atoms with van der Waals surface area (Å²) in [6.45, 7) is 0.847. The number of carbonyl (C=O) groups is 1. The fourth-order valence-corrected chi connectivity index (χ4v) is 2.17. The number of rotatable bonds is 6. The zero-order valence-corrected chi connectivity index (χ0v) is 12.8. The summed E-state index contributed by atoms with van der Waals surface area (Å²) < 4.78 is 5.74. The van der Waals surface area contributed by atoms with Crippen molar-refractivity contribution in [3.8, 4) is 0 Å². The van der Waals surface area contributed by atoms with Crippen LogP contribution in [0.1, 0.15) is 37.5 Å². The number of aromatic nitrogens is 1. The minimum Gasteiger partial charge on any atom is -0.440 e. The highest BCUT2D eigenvalue weighted by Gasteiger charge is 2.28. The van der Waals surface area contributed by atoms with E-state index in [1.165, 1.54) is 12.8 Å². The molecule has 0 atom stereocenters.